The van der Waals surface area contributed by atoms with Crippen molar-refractivity contribution < 1.29 is 14.4 Å². The van der Waals surface area contributed by atoms with Gasteiger partial charge in [0.25, 0.3) is 0 Å². The van der Waals surface area contributed by atoms with Gasteiger partial charge in [0.1, 0.15) is 0 Å². The molecule has 1 aliphatic heterocycles. The summed E-state index contributed by atoms with van der Waals surface area (Å²) in [5, 5.41) is 3.70. The van der Waals surface area contributed by atoms with Crippen LogP contribution in [0.5, 0.6) is 0 Å². The third kappa shape index (κ3) is 2.15. The maximum Gasteiger partial charge on any atom is 0.338 e. The van der Waals surface area contributed by atoms with Crippen molar-refractivity contribution >= 4 is 11.7 Å². The number of rotatable bonds is 2. The minimum absolute atomic E-state index is 0.310. The molecule has 0 fully saturated rings. The number of hydrogen-bond acceptors (Lipinski definition) is 4. The Bertz CT molecular complexity index is 386. The number of esters is 1. The Morgan fingerprint density at radius 1 is 1.47 bits per heavy atom. The van der Waals surface area contributed by atoms with E-state index < -0.39 is 0 Å². The third-order valence-corrected chi connectivity index (χ3v) is 2.16. The van der Waals surface area contributed by atoms with E-state index in [-0.39, 0.29) is 12.1 Å². The maximum atomic E-state index is 11.6. The summed E-state index contributed by atoms with van der Waals surface area (Å²) >= 11 is 0. The molecule has 0 aromatic heterocycles. The number of ether oxygens (including phenoxy) is 1. The fourth-order valence-corrected chi connectivity index (χ4v) is 1.28. The van der Waals surface area contributed by atoms with Gasteiger partial charge < -0.3 is 9.57 Å². The summed E-state index contributed by atoms with van der Waals surface area (Å²) in [5.41, 5.74) is 1.23. The van der Waals surface area contributed by atoms with Crippen LogP contribution in [0.3, 0.4) is 0 Å². The lowest BCUT2D eigenvalue weighted by molar-refractivity contribution is 0.0292. The lowest BCUT2D eigenvalue weighted by Gasteiger charge is -2.09. The highest BCUT2D eigenvalue weighted by Gasteiger charge is 2.24. The smallest absolute Gasteiger partial charge is 0.338 e. The molecule has 4 nitrogen and oxygen atoms in total. The van der Waals surface area contributed by atoms with Gasteiger partial charge in [0.05, 0.1) is 11.3 Å². The lowest BCUT2D eigenvalue weighted by Crippen LogP contribution is -2.25. The van der Waals surface area contributed by atoms with Crippen LogP contribution < -0.4 is 0 Å². The normalized spacial score (nSPS) is 19.3. The maximum absolute atomic E-state index is 11.6. The number of carbonyl (C=O) groups is 1. The Labute approximate surface area is 87.5 Å². The monoisotopic (exact) mass is 205 g/mol. The van der Waals surface area contributed by atoms with Crippen molar-refractivity contribution in [2.75, 3.05) is 6.61 Å². The van der Waals surface area contributed by atoms with Gasteiger partial charge in [0.15, 0.2) is 12.7 Å². The van der Waals surface area contributed by atoms with E-state index in [1.54, 1.807) is 31.2 Å². The minimum Gasteiger partial charge on any atom is -0.449 e. The second-order valence-electron chi connectivity index (χ2n) is 3.29. The van der Waals surface area contributed by atoms with E-state index in [0.717, 1.165) is 0 Å². The van der Waals surface area contributed by atoms with E-state index in [4.69, 9.17) is 9.57 Å². The van der Waals surface area contributed by atoms with Gasteiger partial charge in [-0.15, -0.1) is 0 Å². The highest BCUT2D eigenvalue weighted by atomic mass is 16.7. The van der Waals surface area contributed by atoms with Crippen molar-refractivity contribution in [1.82, 2.24) is 0 Å². The first-order chi connectivity index (χ1) is 7.27. The molecule has 4 heteroatoms. The van der Waals surface area contributed by atoms with Crippen LogP contribution in [0, 0.1) is 0 Å². The Morgan fingerprint density at radius 2 is 2.20 bits per heavy atom. The Balaban J connectivity index is 2.02. The molecule has 0 spiro atoms. The van der Waals surface area contributed by atoms with Crippen molar-refractivity contribution in [3.05, 3.63) is 35.9 Å². The lowest BCUT2D eigenvalue weighted by atomic mass is 10.2. The molecule has 0 saturated heterocycles. The number of hydrogen-bond donors (Lipinski definition) is 0. The van der Waals surface area contributed by atoms with Crippen LogP contribution >= 0.6 is 0 Å². The molecule has 78 valence electrons. The molecule has 2 rings (SSSR count). The largest absolute Gasteiger partial charge is 0.449 e. The molecule has 1 heterocycles. The Kier molecular flexibility index (Phi) is 2.67. The first kappa shape index (κ1) is 9.71. The van der Waals surface area contributed by atoms with Gasteiger partial charge in [0, 0.05) is 0 Å². The fourth-order valence-electron chi connectivity index (χ4n) is 1.28. The number of benzene rings is 1. The van der Waals surface area contributed by atoms with E-state index in [1.165, 1.54) is 0 Å². The molecule has 1 atom stereocenters. The van der Waals surface area contributed by atoms with Crippen molar-refractivity contribution in [2.24, 2.45) is 5.16 Å². The number of oxime groups is 1. The van der Waals surface area contributed by atoms with Gasteiger partial charge in [-0.1, -0.05) is 23.4 Å². The fraction of sp³-hybridized carbons (Fsp3) is 0.273. The van der Waals surface area contributed by atoms with Crippen LogP contribution in [-0.2, 0) is 9.57 Å². The molecule has 0 aliphatic carbocycles. The topological polar surface area (TPSA) is 47.9 Å². The summed E-state index contributed by atoms with van der Waals surface area (Å²) in [7, 11) is 0. The molecule has 0 bridgehead atoms. The predicted molar refractivity (Wildman–Crippen MR) is 54.7 cm³/mol. The zero-order valence-corrected chi connectivity index (χ0v) is 8.34. The predicted octanol–water partition coefficient (Wildman–Crippen LogP) is 1.62. The standard InChI is InChI=1S/C11H11NO3/c1-8-10(7-14-12-8)15-11(13)9-5-3-2-4-6-9/h2-6,10H,7H2,1H3. The average Bonchev–Trinajstić information content (AvgIpc) is 2.66. The van der Waals surface area contributed by atoms with E-state index in [2.05, 4.69) is 5.16 Å². The van der Waals surface area contributed by atoms with E-state index in [0.29, 0.717) is 17.9 Å². The molecule has 1 aromatic rings. The first-order valence-corrected chi connectivity index (χ1v) is 4.70. The second-order valence-corrected chi connectivity index (χ2v) is 3.29. The summed E-state index contributed by atoms with van der Waals surface area (Å²) < 4.78 is 5.21. The number of nitrogens with zero attached hydrogens (tertiary/aromatic N) is 1. The molecule has 0 amide bonds. The van der Waals surface area contributed by atoms with Gasteiger partial charge in [-0.25, -0.2) is 4.79 Å². The molecule has 15 heavy (non-hydrogen) atoms. The summed E-state index contributed by atoms with van der Waals surface area (Å²) in [5.74, 6) is -0.347. The minimum atomic E-state index is -0.349. The summed E-state index contributed by atoms with van der Waals surface area (Å²) in [6.07, 6.45) is -0.349. The van der Waals surface area contributed by atoms with Crippen molar-refractivity contribution in [3.8, 4) is 0 Å². The highest BCUT2D eigenvalue weighted by molar-refractivity contribution is 5.94. The van der Waals surface area contributed by atoms with Gasteiger partial charge in [-0.3, -0.25) is 0 Å². The third-order valence-electron chi connectivity index (χ3n) is 2.16. The quantitative estimate of drug-likeness (QED) is 0.689. The van der Waals surface area contributed by atoms with Crippen LogP contribution in [0.2, 0.25) is 0 Å². The SMILES string of the molecule is CC1=NOCC1OC(=O)c1ccccc1. The zero-order valence-electron chi connectivity index (χ0n) is 8.34. The zero-order chi connectivity index (χ0) is 10.7. The number of carbonyl (C=O) groups excluding carboxylic acids is 1. The molecule has 0 saturated carbocycles. The van der Waals surface area contributed by atoms with E-state index in [1.807, 2.05) is 6.07 Å². The van der Waals surface area contributed by atoms with Gasteiger partial charge in [-0.2, -0.15) is 0 Å². The van der Waals surface area contributed by atoms with Gasteiger partial charge in [-0.05, 0) is 19.1 Å². The van der Waals surface area contributed by atoms with Crippen molar-refractivity contribution in [3.63, 3.8) is 0 Å². The molecule has 1 aliphatic rings. The Hall–Kier alpha value is -1.84. The van der Waals surface area contributed by atoms with Gasteiger partial charge in [0.2, 0.25) is 0 Å². The second kappa shape index (κ2) is 4.13. The van der Waals surface area contributed by atoms with Crippen molar-refractivity contribution in [2.45, 2.75) is 13.0 Å². The molecular formula is C11H11NO3. The molecule has 0 N–H and O–H groups in total. The first-order valence-electron chi connectivity index (χ1n) is 4.70. The van der Waals surface area contributed by atoms with Crippen LogP contribution in [-0.4, -0.2) is 24.4 Å². The molecule has 1 aromatic carbocycles. The Morgan fingerprint density at radius 3 is 2.80 bits per heavy atom. The average molecular weight is 205 g/mol. The summed E-state index contributed by atoms with van der Waals surface area (Å²) in [6, 6.07) is 8.86. The molecule has 0 radical (unpaired) electrons. The molecule has 1 unspecified atom stereocenters. The molecular weight excluding hydrogens is 194 g/mol. The summed E-state index contributed by atoms with van der Waals surface area (Å²) in [6.45, 7) is 2.08. The van der Waals surface area contributed by atoms with Crippen LogP contribution in [0.4, 0.5) is 0 Å². The highest BCUT2D eigenvalue weighted by Crippen LogP contribution is 2.09. The van der Waals surface area contributed by atoms with Crippen LogP contribution in [0.1, 0.15) is 17.3 Å². The van der Waals surface area contributed by atoms with Crippen LogP contribution in [0.15, 0.2) is 35.5 Å². The summed E-state index contributed by atoms with van der Waals surface area (Å²) in [4.78, 5) is 16.4. The van der Waals surface area contributed by atoms with E-state index >= 15 is 0 Å². The van der Waals surface area contributed by atoms with Crippen LogP contribution in [0.25, 0.3) is 0 Å². The van der Waals surface area contributed by atoms with E-state index in [9.17, 15) is 4.79 Å². The van der Waals surface area contributed by atoms with Gasteiger partial charge >= 0.3 is 5.97 Å². The van der Waals surface area contributed by atoms with Crippen molar-refractivity contribution in [1.29, 1.82) is 0 Å².